The van der Waals surface area contributed by atoms with Gasteiger partial charge in [0.2, 0.25) is 0 Å². The number of carbonyl (C=O) groups is 1. The van der Waals surface area contributed by atoms with Gasteiger partial charge in [-0.05, 0) is 62.3 Å². The average molecular weight is 372 g/mol. The summed E-state index contributed by atoms with van der Waals surface area (Å²) >= 11 is 0. The lowest BCUT2D eigenvalue weighted by Gasteiger charge is -2.37. The molecule has 0 atom stereocenters. The molecule has 3 heterocycles. The number of carbonyl (C=O) groups excluding carboxylic acids is 1. The Morgan fingerprint density at radius 2 is 1.56 bits per heavy atom. The Balaban J connectivity index is 1.27. The number of hydrogen-bond donors (Lipinski definition) is 0. The highest BCUT2D eigenvalue weighted by Gasteiger charge is 2.24. The number of amides is 1. The van der Waals surface area contributed by atoms with Gasteiger partial charge in [0.25, 0.3) is 5.91 Å². The van der Waals surface area contributed by atoms with E-state index in [-0.39, 0.29) is 5.91 Å². The normalized spacial score (nSPS) is 22.8. The molecule has 4 rings (SSSR count). The average Bonchev–Trinajstić information content (AvgIpc) is 2.75. The smallest absolute Gasteiger partial charge is 0.253 e. The van der Waals surface area contributed by atoms with Crippen molar-refractivity contribution in [1.29, 1.82) is 0 Å². The van der Waals surface area contributed by atoms with Crippen molar-refractivity contribution < 1.29 is 9.53 Å². The highest BCUT2D eigenvalue weighted by molar-refractivity contribution is 5.94. The molecule has 0 aromatic heterocycles. The fourth-order valence-corrected chi connectivity index (χ4v) is 4.58. The maximum Gasteiger partial charge on any atom is 0.253 e. The van der Waals surface area contributed by atoms with Gasteiger partial charge in [-0.2, -0.15) is 0 Å². The predicted octanol–water partition coefficient (Wildman–Crippen LogP) is 2.86. The van der Waals surface area contributed by atoms with Crippen LogP contribution >= 0.6 is 0 Å². The van der Waals surface area contributed by atoms with Gasteiger partial charge in [-0.25, -0.2) is 0 Å². The Morgan fingerprint density at radius 3 is 2.22 bits per heavy atom. The Kier molecular flexibility index (Phi) is 6.30. The summed E-state index contributed by atoms with van der Waals surface area (Å²) in [6.07, 6.45) is 6.26. The number of anilines is 1. The van der Waals surface area contributed by atoms with Gasteiger partial charge in [0.15, 0.2) is 0 Å². The minimum atomic E-state index is 0.186. The van der Waals surface area contributed by atoms with Crippen LogP contribution in [-0.4, -0.2) is 74.7 Å². The van der Waals surface area contributed by atoms with E-state index in [1.54, 1.807) is 0 Å². The van der Waals surface area contributed by atoms with E-state index >= 15 is 0 Å². The molecule has 0 bridgehead atoms. The van der Waals surface area contributed by atoms with Gasteiger partial charge in [-0.1, -0.05) is 0 Å². The zero-order chi connectivity index (χ0) is 18.5. The number of benzene rings is 1. The maximum atomic E-state index is 12.9. The highest BCUT2D eigenvalue weighted by atomic mass is 16.5. The van der Waals surface area contributed by atoms with Crippen molar-refractivity contribution in [2.75, 3.05) is 63.9 Å². The molecule has 0 N–H and O–H groups in total. The van der Waals surface area contributed by atoms with Crippen LogP contribution in [0.3, 0.4) is 0 Å². The highest BCUT2D eigenvalue weighted by Crippen LogP contribution is 2.21. The van der Waals surface area contributed by atoms with E-state index in [0.29, 0.717) is 0 Å². The molecule has 27 heavy (non-hydrogen) atoms. The van der Waals surface area contributed by atoms with E-state index in [9.17, 15) is 4.79 Å². The number of piperidine rings is 1. The summed E-state index contributed by atoms with van der Waals surface area (Å²) in [5.74, 6) is 0.953. The zero-order valence-corrected chi connectivity index (χ0v) is 16.4. The van der Waals surface area contributed by atoms with Crippen molar-refractivity contribution in [2.24, 2.45) is 5.92 Å². The van der Waals surface area contributed by atoms with E-state index < -0.39 is 0 Å². The Labute approximate surface area is 163 Å². The monoisotopic (exact) mass is 371 g/mol. The van der Waals surface area contributed by atoms with Gasteiger partial charge in [0.05, 0.1) is 0 Å². The third-order valence-electron chi connectivity index (χ3n) is 6.35. The SMILES string of the molecule is O=C(c1ccc(N2CCCCC2)cc1)N1CCN(CC2CCOCC2)CC1. The second kappa shape index (κ2) is 9.07. The fraction of sp³-hybridized carbons (Fsp3) is 0.682. The number of ether oxygens (including phenoxy) is 1. The number of piperazine rings is 1. The maximum absolute atomic E-state index is 12.9. The molecule has 0 saturated carbocycles. The minimum absolute atomic E-state index is 0.186. The van der Waals surface area contributed by atoms with Crippen LogP contribution in [0.1, 0.15) is 42.5 Å². The molecular weight excluding hydrogens is 338 g/mol. The van der Waals surface area contributed by atoms with Crippen molar-refractivity contribution in [3.05, 3.63) is 29.8 Å². The topological polar surface area (TPSA) is 36.0 Å². The summed E-state index contributed by atoms with van der Waals surface area (Å²) in [6, 6.07) is 8.28. The van der Waals surface area contributed by atoms with E-state index in [2.05, 4.69) is 21.9 Å². The van der Waals surface area contributed by atoms with Crippen LogP contribution in [0.15, 0.2) is 24.3 Å². The number of nitrogens with zero attached hydrogens (tertiary/aromatic N) is 3. The summed E-state index contributed by atoms with van der Waals surface area (Å²) < 4.78 is 5.46. The third-order valence-corrected chi connectivity index (χ3v) is 6.35. The molecule has 148 valence electrons. The second-order valence-corrected chi connectivity index (χ2v) is 8.24. The summed E-state index contributed by atoms with van der Waals surface area (Å²) in [6.45, 7) is 8.95. The largest absolute Gasteiger partial charge is 0.381 e. The van der Waals surface area contributed by atoms with Gasteiger partial charge < -0.3 is 14.5 Å². The molecule has 3 fully saturated rings. The van der Waals surface area contributed by atoms with Crippen molar-refractivity contribution in [3.8, 4) is 0 Å². The first kappa shape index (κ1) is 18.8. The number of rotatable bonds is 4. The summed E-state index contributed by atoms with van der Waals surface area (Å²) in [7, 11) is 0. The van der Waals surface area contributed by atoms with Crippen molar-refractivity contribution in [1.82, 2.24) is 9.80 Å². The first-order valence-corrected chi connectivity index (χ1v) is 10.7. The molecule has 3 saturated heterocycles. The summed E-state index contributed by atoms with van der Waals surface area (Å²) in [5.41, 5.74) is 2.08. The van der Waals surface area contributed by atoms with Crippen LogP contribution < -0.4 is 4.90 Å². The molecule has 5 nitrogen and oxygen atoms in total. The van der Waals surface area contributed by atoms with Gasteiger partial charge in [-0.15, -0.1) is 0 Å². The molecule has 3 aliphatic rings. The molecule has 0 aliphatic carbocycles. The molecule has 1 aromatic rings. The lowest BCUT2D eigenvalue weighted by Crippen LogP contribution is -2.50. The Hall–Kier alpha value is -1.59. The van der Waals surface area contributed by atoms with Crippen molar-refractivity contribution in [3.63, 3.8) is 0 Å². The Bertz CT molecular complexity index is 598. The van der Waals surface area contributed by atoms with Crippen LogP contribution in [0.4, 0.5) is 5.69 Å². The molecule has 0 spiro atoms. The van der Waals surface area contributed by atoms with E-state index in [1.165, 1.54) is 37.8 Å². The Morgan fingerprint density at radius 1 is 0.889 bits per heavy atom. The third kappa shape index (κ3) is 4.82. The van der Waals surface area contributed by atoms with Crippen LogP contribution in [-0.2, 0) is 4.74 Å². The van der Waals surface area contributed by atoms with Crippen LogP contribution in [0.25, 0.3) is 0 Å². The van der Waals surface area contributed by atoms with Crippen molar-refractivity contribution in [2.45, 2.75) is 32.1 Å². The summed E-state index contributed by atoms with van der Waals surface area (Å²) in [5, 5.41) is 0. The molecule has 1 aromatic carbocycles. The zero-order valence-electron chi connectivity index (χ0n) is 16.4. The molecule has 0 unspecified atom stereocenters. The van der Waals surface area contributed by atoms with E-state index in [1.807, 2.05) is 17.0 Å². The molecule has 5 heteroatoms. The second-order valence-electron chi connectivity index (χ2n) is 8.24. The van der Waals surface area contributed by atoms with E-state index in [4.69, 9.17) is 4.74 Å². The predicted molar refractivity (Wildman–Crippen MR) is 108 cm³/mol. The summed E-state index contributed by atoms with van der Waals surface area (Å²) in [4.78, 5) is 19.8. The van der Waals surface area contributed by atoms with Crippen LogP contribution in [0.5, 0.6) is 0 Å². The first-order valence-electron chi connectivity index (χ1n) is 10.7. The van der Waals surface area contributed by atoms with Gasteiger partial charge >= 0.3 is 0 Å². The first-order chi connectivity index (χ1) is 13.3. The van der Waals surface area contributed by atoms with Crippen LogP contribution in [0.2, 0.25) is 0 Å². The lowest BCUT2D eigenvalue weighted by atomic mass is 9.99. The van der Waals surface area contributed by atoms with E-state index in [0.717, 1.165) is 70.5 Å². The molecular formula is C22H33N3O2. The van der Waals surface area contributed by atoms with Crippen molar-refractivity contribution >= 4 is 11.6 Å². The van der Waals surface area contributed by atoms with Gasteiger partial charge in [-0.3, -0.25) is 9.69 Å². The fourth-order valence-electron chi connectivity index (χ4n) is 4.58. The molecule has 0 radical (unpaired) electrons. The quantitative estimate of drug-likeness (QED) is 0.815. The molecule has 1 amide bonds. The minimum Gasteiger partial charge on any atom is -0.381 e. The molecule has 3 aliphatic heterocycles. The van der Waals surface area contributed by atoms with Gasteiger partial charge in [0.1, 0.15) is 0 Å². The lowest BCUT2D eigenvalue weighted by molar-refractivity contribution is 0.0393. The number of hydrogen-bond acceptors (Lipinski definition) is 4. The standard InChI is InChI=1S/C22H33N3O2/c26-22(20-4-6-21(7-5-20)24-10-2-1-3-11-24)25-14-12-23(13-15-25)18-19-8-16-27-17-9-19/h4-7,19H,1-3,8-18H2. The van der Waals surface area contributed by atoms with Gasteiger partial charge in [0, 0.05) is 70.3 Å². The van der Waals surface area contributed by atoms with Crippen LogP contribution in [0, 0.1) is 5.92 Å².